The topological polar surface area (TPSA) is 0 Å². The standard InChI is InChI=1S/C10H10ClF/c11-8-2-1-3-9-4-6-10(12)7-5-9/h1-2,4-7H,3,8H2. The van der Waals surface area contributed by atoms with Crippen molar-refractivity contribution in [1.29, 1.82) is 0 Å². The number of benzene rings is 1. The summed E-state index contributed by atoms with van der Waals surface area (Å²) in [6.07, 6.45) is 4.66. The highest BCUT2D eigenvalue weighted by Gasteiger charge is 1.89. The van der Waals surface area contributed by atoms with Crippen LogP contribution in [0.4, 0.5) is 4.39 Å². The zero-order chi connectivity index (χ0) is 8.81. The van der Waals surface area contributed by atoms with Crippen LogP contribution in [-0.4, -0.2) is 5.88 Å². The summed E-state index contributed by atoms with van der Waals surface area (Å²) in [7, 11) is 0. The van der Waals surface area contributed by atoms with Gasteiger partial charge >= 0.3 is 0 Å². The van der Waals surface area contributed by atoms with Crippen molar-refractivity contribution in [1.82, 2.24) is 0 Å². The van der Waals surface area contributed by atoms with E-state index in [9.17, 15) is 4.39 Å². The van der Waals surface area contributed by atoms with E-state index in [-0.39, 0.29) is 5.82 Å². The number of alkyl halides is 1. The largest absolute Gasteiger partial charge is 0.207 e. The predicted octanol–water partition coefficient (Wildman–Crippen LogP) is 3.16. The number of allylic oxidation sites excluding steroid dienone is 2. The average molecular weight is 185 g/mol. The third kappa shape index (κ3) is 3.05. The Hall–Kier alpha value is -0.820. The fraction of sp³-hybridized carbons (Fsp3) is 0.200. The molecule has 0 heterocycles. The van der Waals surface area contributed by atoms with Gasteiger partial charge in [-0.2, -0.15) is 0 Å². The third-order valence-electron chi connectivity index (χ3n) is 1.52. The summed E-state index contributed by atoms with van der Waals surface area (Å²) in [5, 5.41) is 0. The Labute approximate surface area is 76.7 Å². The maximum Gasteiger partial charge on any atom is 0.123 e. The zero-order valence-electron chi connectivity index (χ0n) is 6.63. The molecule has 0 aliphatic heterocycles. The van der Waals surface area contributed by atoms with E-state index in [1.54, 1.807) is 12.1 Å². The molecular weight excluding hydrogens is 175 g/mol. The summed E-state index contributed by atoms with van der Waals surface area (Å²) in [5.41, 5.74) is 1.10. The normalized spacial score (nSPS) is 10.8. The fourth-order valence-electron chi connectivity index (χ4n) is 0.903. The molecule has 1 aromatic carbocycles. The van der Waals surface area contributed by atoms with Crippen molar-refractivity contribution in [3.63, 3.8) is 0 Å². The summed E-state index contributed by atoms with van der Waals surface area (Å²) in [6.45, 7) is 0. The molecule has 0 aliphatic carbocycles. The first-order valence-corrected chi connectivity index (χ1v) is 4.32. The van der Waals surface area contributed by atoms with Crippen LogP contribution in [0.5, 0.6) is 0 Å². The maximum absolute atomic E-state index is 12.4. The number of rotatable bonds is 3. The van der Waals surface area contributed by atoms with Crippen LogP contribution >= 0.6 is 11.6 Å². The summed E-state index contributed by atoms with van der Waals surface area (Å²) >= 11 is 5.45. The average Bonchev–Trinajstić information content (AvgIpc) is 2.09. The van der Waals surface area contributed by atoms with Gasteiger partial charge in [0.05, 0.1) is 0 Å². The lowest BCUT2D eigenvalue weighted by Crippen LogP contribution is -1.81. The Bertz CT molecular complexity index is 251. The van der Waals surface area contributed by atoms with Crippen molar-refractivity contribution < 1.29 is 4.39 Å². The minimum absolute atomic E-state index is 0.194. The van der Waals surface area contributed by atoms with E-state index in [4.69, 9.17) is 11.6 Å². The highest BCUT2D eigenvalue weighted by atomic mass is 35.5. The van der Waals surface area contributed by atoms with Crippen molar-refractivity contribution in [2.24, 2.45) is 0 Å². The van der Waals surface area contributed by atoms with Crippen LogP contribution in [0.15, 0.2) is 36.4 Å². The van der Waals surface area contributed by atoms with Gasteiger partial charge in [-0.05, 0) is 24.1 Å². The second kappa shape index (κ2) is 4.94. The van der Waals surface area contributed by atoms with Gasteiger partial charge in [-0.25, -0.2) is 4.39 Å². The molecule has 0 radical (unpaired) electrons. The van der Waals surface area contributed by atoms with Crippen molar-refractivity contribution in [2.75, 3.05) is 5.88 Å². The molecule has 12 heavy (non-hydrogen) atoms. The minimum Gasteiger partial charge on any atom is -0.207 e. The zero-order valence-corrected chi connectivity index (χ0v) is 7.39. The molecule has 0 nitrogen and oxygen atoms in total. The quantitative estimate of drug-likeness (QED) is 0.500. The first-order chi connectivity index (χ1) is 5.83. The van der Waals surface area contributed by atoms with Crippen LogP contribution in [0.25, 0.3) is 0 Å². The van der Waals surface area contributed by atoms with Crippen molar-refractivity contribution in [3.05, 3.63) is 47.8 Å². The Morgan fingerprint density at radius 3 is 2.42 bits per heavy atom. The molecule has 0 bridgehead atoms. The van der Waals surface area contributed by atoms with Crippen LogP contribution in [0.2, 0.25) is 0 Å². The van der Waals surface area contributed by atoms with E-state index in [0.717, 1.165) is 12.0 Å². The van der Waals surface area contributed by atoms with Gasteiger partial charge in [-0.15, -0.1) is 11.6 Å². The van der Waals surface area contributed by atoms with Crippen molar-refractivity contribution in [2.45, 2.75) is 6.42 Å². The number of hydrogen-bond acceptors (Lipinski definition) is 0. The van der Waals surface area contributed by atoms with Crippen LogP contribution in [0, 0.1) is 5.82 Å². The summed E-state index contributed by atoms with van der Waals surface area (Å²) in [4.78, 5) is 0. The number of halogens is 2. The maximum atomic E-state index is 12.4. The molecule has 64 valence electrons. The van der Waals surface area contributed by atoms with Crippen LogP contribution in [0.1, 0.15) is 5.56 Å². The molecule has 0 saturated heterocycles. The van der Waals surface area contributed by atoms with E-state index in [1.807, 2.05) is 12.2 Å². The number of hydrogen-bond donors (Lipinski definition) is 0. The summed E-state index contributed by atoms with van der Waals surface area (Å²) in [6, 6.07) is 6.47. The second-order valence-corrected chi connectivity index (χ2v) is 2.76. The van der Waals surface area contributed by atoms with Gasteiger partial charge in [-0.3, -0.25) is 0 Å². The molecule has 0 aromatic heterocycles. The van der Waals surface area contributed by atoms with Gasteiger partial charge in [0.1, 0.15) is 5.82 Å². The molecule has 0 N–H and O–H groups in total. The van der Waals surface area contributed by atoms with Gasteiger partial charge in [0.15, 0.2) is 0 Å². The molecule has 1 aromatic rings. The van der Waals surface area contributed by atoms with Gasteiger partial charge in [0, 0.05) is 5.88 Å². The highest BCUT2D eigenvalue weighted by molar-refractivity contribution is 6.18. The monoisotopic (exact) mass is 184 g/mol. The summed E-state index contributed by atoms with van der Waals surface area (Å²) < 4.78 is 12.4. The molecule has 0 amide bonds. The first-order valence-electron chi connectivity index (χ1n) is 3.78. The van der Waals surface area contributed by atoms with E-state index in [0.29, 0.717) is 5.88 Å². The fourth-order valence-corrected chi connectivity index (χ4v) is 1.03. The third-order valence-corrected chi connectivity index (χ3v) is 1.70. The predicted molar refractivity (Wildman–Crippen MR) is 50.0 cm³/mol. The van der Waals surface area contributed by atoms with Crippen LogP contribution in [-0.2, 0) is 6.42 Å². The lowest BCUT2D eigenvalue weighted by molar-refractivity contribution is 0.627. The Kier molecular flexibility index (Phi) is 3.81. The second-order valence-electron chi connectivity index (χ2n) is 2.46. The minimum atomic E-state index is -0.194. The molecule has 0 spiro atoms. The highest BCUT2D eigenvalue weighted by Crippen LogP contribution is 2.03. The van der Waals surface area contributed by atoms with Gasteiger partial charge in [0.2, 0.25) is 0 Å². The molecular formula is C10H10ClF. The Balaban J connectivity index is 2.53. The molecule has 0 aliphatic rings. The molecule has 1 rings (SSSR count). The Morgan fingerprint density at radius 1 is 1.17 bits per heavy atom. The molecule has 0 fully saturated rings. The van der Waals surface area contributed by atoms with Gasteiger partial charge in [-0.1, -0.05) is 24.3 Å². The van der Waals surface area contributed by atoms with Crippen molar-refractivity contribution >= 4 is 11.6 Å². The lowest BCUT2D eigenvalue weighted by atomic mass is 10.1. The van der Waals surface area contributed by atoms with Gasteiger partial charge in [0.25, 0.3) is 0 Å². The smallest absolute Gasteiger partial charge is 0.123 e. The van der Waals surface area contributed by atoms with Gasteiger partial charge < -0.3 is 0 Å². The molecule has 2 heteroatoms. The van der Waals surface area contributed by atoms with E-state index < -0.39 is 0 Å². The first kappa shape index (κ1) is 9.27. The SMILES string of the molecule is Fc1ccc(CC=CCCl)cc1. The van der Waals surface area contributed by atoms with Crippen molar-refractivity contribution in [3.8, 4) is 0 Å². The van der Waals surface area contributed by atoms with E-state index in [1.165, 1.54) is 12.1 Å². The molecule has 0 saturated carbocycles. The van der Waals surface area contributed by atoms with E-state index >= 15 is 0 Å². The molecule has 0 unspecified atom stereocenters. The van der Waals surface area contributed by atoms with Crippen LogP contribution < -0.4 is 0 Å². The summed E-state index contributed by atoms with van der Waals surface area (Å²) in [5.74, 6) is 0.335. The lowest BCUT2D eigenvalue weighted by Gasteiger charge is -1.94. The molecule has 0 atom stereocenters. The van der Waals surface area contributed by atoms with E-state index in [2.05, 4.69) is 0 Å². The van der Waals surface area contributed by atoms with Crippen LogP contribution in [0.3, 0.4) is 0 Å². The Morgan fingerprint density at radius 2 is 1.83 bits per heavy atom.